The standard InChI is InChI=1S/C25H23Cl2N3O3/c1-15-12-20(8-10-22(15)27)32-14-21-9-11-23(33-21)25(31)28-24-16(2)29-30(17(24)3)13-18-4-6-19(26)7-5-18/h4-12H,13-14H2,1-3H3,(H,28,31). The molecular weight excluding hydrogens is 461 g/mol. The van der Waals surface area contributed by atoms with Gasteiger partial charge in [-0.3, -0.25) is 9.48 Å². The number of anilines is 1. The fraction of sp³-hybridized carbons (Fsp3) is 0.200. The number of carbonyl (C=O) groups excluding carboxylic acids is 1. The maximum Gasteiger partial charge on any atom is 0.291 e. The highest BCUT2D eigenvalue weighted by Crippen LogP contribution is 2.24. The van der Waals surface area contributed by atoms with Gasteiger partial charge in [0.05, 0.1) is 23.6 Å². The lowest BCUT2D eigenvalue weighted by Gasteiger charge is -2.07. The highest BCUT2D eigenvalue weighted by Gasteiger charge is 2.18. The second-order valence-electron chi connectivity index (χ2n) is 7.75. The maximum atomic E-state index is 12.8. The Hall–Kier alpha value is -3.22. The number of nitrogens with zero attached hydrogens (tertiary/aromatic N) is 2. The molecule has 0 bridgehead atoms. The Morgan fingerprint density at radius 1 is 1.06 bits per heavy atom. The summed E-state index contributed by atoms with van der Waals surface area (Å²) in [6, 6.07) is 16.4. The van der Waals surface area contributed by atoms with Crippen molar-refractivity contribution in [3.63, 3.8) is 0 Å². The van der Waals surface area contributed by atoms with E-state index in [2.05, 4.69) is 10.4 Å². The maximum absolute atomic E-state index is 12.8. The molecule has 0 aliphatic carbocycles. The van der Waals surface area contributed by atoms with Crippen LogP contribution in [-0.2, 0) is 13.2 Å². The van der Waals surface area contributed by atoms with E-state index in [1.165, 1.54) is 0 Å². The van der Waals surface area contributed by atoms with Crippen LogP contribution >= 0.6 is 23.2 Å². The number of nitrogens with one attached hydrogen (secondary N) is 1. The summed E-state index contributed by atoms with van der Waals surface area (Å²) >= 11 is 12.0. The molecule has 1 N–H and O–H groups in total. The van der Waals surface area contributed by atoms with Crippen molar-refractivity contribution in [3.8, 4) is 5.75 Å². The molecule has 2 heterocycles. The van der Waals surface area contributed by atoms with Crippen LogP contribution in [0.25, 0.3) is 0 Å². The van der Waals surface area contributed by atoms with Crippen molar-refractivity contribution < 1.29 is 13.9 Å². The fourth-order valence-electron chi connectivity index (χ4n) is 3.41. The molecule has 6 nitrogen and oxygen atoms in total. The van der Waals surface area contributed by atoms with E-state index >= 15 is 0 Å². The molecule has 0 spiro atoms. The van der Waals surface area contributed by atoms with Gasteiger partial charge >= 0.3 is 0 Å². The molecule has 0 aliphatic heterocycles. The van der Waals surface area contributed by atoms with E-state index in [9.17, 15) is 4.79 Å². The molecule has 0 atom stereocenters. The summed E-state index contributed by atoms with van der Waals surface area (Å²) in [5, 5.41) is 8.85. The first-order valence-corrected chi connectivity index (χ1v) is 11.1. The number of hydrogen-bond donors (Lipinski definition) is 1. The quantitative estimate of drug-likeness (QED) is 0.321. The number of halogens is 2. The number of amides is 1. The minimum atomic E-state index is -0.346. The Labute approximate surface area is 202 Å². The van der Waals surface area contributed by atoms with Gasteiger partial charge in [0.15, 0.2) is 5.76 Å². The molecule has 0 fully saturated rings. The number of furan rings is 1. The first-order chi connectivity index (χ1) is 15.8. The van der Waals surface area contributed by atoms with Crippen LogP contribution < -0.4 is 10.1 Å². The van der Waals surface area contributed by atoms with Crippen LogP contribution in [-0.4, -0.2) is 15.7 Å². The highest BCUT2D eigenvalue weighted by molar-refractivity contribution is 6.31. The van der Waals surface area contributed by atoms with Gasteiger partial charge in [-0.2, -0.15) is 5.10 Å². The molecule has 1 amide bonds. The lowest BCUT2D eigenvalue weighted by molar-refractivity contribution is 0.0992. The van der Waals surface area contributed by atoms with Gasteiger partial charge in [-0.1, -0.05) is 35.3 Å². The van der Waals surface area contributed by atoms with Gasteiger partial charge in [-0.25, -0.2) is 0 Å². The Kier molecular flexibility index (Phi) is 6.77. The van der Waals surface area contributed by atoms with Gasteiger partial charge in [0.25, 0.3) is 5.91 Å². The average Bonchev–Trinajstić information content (AvgIpc) is 3.37. The predicted molar refractivity (Wildman–Crippen MR) is 129 cm³/mol. The molecule has 0 unspecified atom stereocenters. The molecule has 8 heteroatoms. The minimum Gasteiger partial charge on any atom is -0.486 e. The summed E-state index contributed by atoms with van der Waals surface area (Å²) in [4.78, 5) is 12.8. The van der Waals surface area contributed by atoms with Gasteiger partial charge in [0, 0.05) is 10.0 Å². The van der Waals surface area contributed by atoms with E-state index in [0.29, 0.717) is 33.8 Å². The Balaban J connectivity index is 1.41. The third kappa shape index (κ3) is 5.41. The average molecular weight is 484 g/mol. The molecule has 2 aromatic heterocycles. The zero-order valence-corrected chi connectivity index (χ0v) is 20.0. The van der Waals surface area contributed by atoms with Crippen molar-refractivity contribution in [1.29, 1.82) is 0 Å². The molecule has 2 aromatic carbocycles. The second-order valence-corrected chi connectivity index (χ2v) is 8.59. The van der Waals surface area contributed by atoms with Crippen molar-refractivity contribution in [3.05, 3.63) is 98.7 Å². The number of aromatic nitrogens is 2. The molecule has 0 saturated heterocycles. The topological polar surface area (TPSA) is 69.3 Å². The lowest BCUT2D eigenvalue weighted by Crippen LogP contribution is -2.12. The minimum absolute atomic E-state index is 0.199. The molecule has 0 radical (unpaired) electrons. The summed E-state index contributed by atoms with van der Waals surface area (Å²) in [7, 11) is 0. The van der Waals surface area contributed by atoms with E-state index < -0.39 is 0 Å². The monoisotopic (exact) mass is 483 g/mol. The van der Waals surface area contributed by atoms with Crippen LogP contribution in [0.5, 0.6) is 5.75 Å². The first kappa shape index (κ1) is 23.0. The Morgan fingerprint density at radius 3 is 2.55 bits per heavy atom. The van der Waals surface area contributed by atoms with E-state index in [-0.39, 0.29) is 18.3 Å². The van der Waals surface area contributed by atoms with Crippen molar-refractivity contribution in [1.82, 2.24) is 9.78 Å². The van der Waals surface area contributed by atoms with E-state index in [1.807, 2.05) is 55.8 Å². The number of aryl methyl sites for hydroxylation is 2. The summed E-state index contributed by atoms with van der Waals surface area (Å²) in [5.41, 5.74) is 4.23. The third-order valence-corrected chi connectivity index (χ3v) is 5.94. The van der Waals surface area contributed by atoms with Gasteiger partial charge in [-0.05, 0) is 74.4 Å². The molecule has 170 valence electrons. The van der Waals surface area contributed by atoms with Crippen molar-refractivity contribution >= 4 is 34.8 Å². The molecular formula is C25H23Cl2N3O3. The summed E-state index contributed by atoms with van der Waals surface area (Å²) in [5.74, 6) is 1.07. The molecule has 4 aromatic rings. The zero-order valence-electron chi connectivity index (χ0n) is 18.5. The second kappa shape index (κ2) is 9.73. The van der Waals surface area contributed by atoms with E-state index in [1.54, 1.807) is 24.3 Å². The Bertz CT molecular complexity index is 1290. The number of ether oxygens (including phenoxy) is 1. The molecule has 33 heavy (non-hydrogen) atoms. The number of benzene rings is 2. The predicted octanol–water partition coefficient (Wildman–Crippen LogP) is 6.59. The van der Waals surface area contributed by atoms with Crippen LogP contribution in [0, 0.1) is 20.8 Å². The summed E-state index contributed by atoms with van der Waals surface area (Å²) < 4.78 is 13.3. The van der Waals surface area contributed by atoms with Crippen LogP contribution in [0.3, 0.4) is 0 Å². The van der Waals surface area contributed by atoms with Crippen LogP contribution in [0.1, 0.15) is 38.8 Å². The lowest BCUT2D eigenvalue weighted by atomic mass is 10.2. The number of hydrogen-bond acceptors (Lipinski definition) is 4. The van der Waals surface area contributed by atoms with Gasteiger partial charge < -0.3 is 14.5 Å². The highest BCUT2D eigenvalue weighted by atomic mass is 35.5. The van der Waals surface area contributed by atoms with E-state index in [0.717, 1.165) is 22.5 Å². The summed E-state index contributed by atoms with van der Waals surface area (Å²) in [6.45, 7) is 6.46. The Morgan fingerprint density at radius 2 is 1.82 bits per heavy atom. The van der Waals surface area contributed by atoms with E-state index in [4.69, 9.17) is 32.4 Å². The van der Waals surface area contributed by atoms with Gasteiger partial charge in [-0.15, -0.1) is 0 Å². The molecule has 0 aliphatic rings. The van der Waals surface area contributed by atoms with Gasteiger partial charge in [0.2, 0.25) is 0 Å². The molecule has 0 saturated carbocycles. The number of carbonyl (C=O) groups is 1. The normalized spacial score (nSPS) is 10.9. The van der Waals surface area contributed by atoms with Crippen LogP contribution in [0.2, 0.25) is 10.0 Å². The SMILES string of the molecule is Cc1cc(OCc2ccc(C(=O)Nc3c(C)nn(Cc4ccc(Cl)cc4)c3C)o2)ccc1Cl. The van der Waals surface area contributed by atoms with Crippen molar-refractivity contribution in [2.75, 3.05) is 5.32 Å². The number of rotatable bonds is 7. The third-order valence-electron chi connectivity index (χ3n) is 5.26. The van der Waals surface area contributed by atoms with Gasteiger partial charge in [0.1, 0.15) is 18.1 Å². The van der Waals surface area contributed by atoms with Crippen LogP contribution in [0.4, 0.5) is 5.69 Å². The van der Waals surface area contributed by atoms with Crippen LogP contribution in [0.15, 0.2) is 59.0 Å². The van der Waals surface area contributed by atoms with Crippen molar-refractivity contribution in [2.24, 2.45) is 0 Å². The zero-order chi connectivity index (χ0) is 23.5. The largest absolute Gasteiger partial charge is 0.486 e. The smallest absolute Gasteiger partial charge is 0.291 e. The fourth-order valence-corrected chi connectivity index (χ4v) is 3.65. The summed E-state index contributed by atoms with van der Waals surface area (Å²) in [6.07, 6.45) is 0. The van der Waals surface area contributed by atoms with Crippen molar-refractivity contribution in [2.45, 2.75) is 33.9 Å². The molecule has 4 rings (SSSR count). The first-order valence-electron chi connectivity index (χ1n) is 10.4.